The highest BCUT2D eigenvalue weighted by Gasteiger charge is 2.32. The molecule has 0 radical (unpaired) electrons. The largest absolute Gasteiger partial charge is 0.352 e. The van der Waals surface area contributed by atoms with Crippen molar-refractivity contribution in [1.82, 2.24) is 10.2 Å². The Bertz CT molecular complexity index is 1170. The number of hydrogen-bond acceptors (Lipinski definition) is 3. The van der Waals surface area contributed by atoms with Crippen molar-refractivity contribution < 1.29 is 9.59 Å². The zero-order valence-corrected chi connectivity index (χ0v) is 22.8. The summed E-state index contributed by atoms with van der Waals surface area (Å²) < 4.78 is 0. The predicted molar refractivity (Wildman–Crippen MR) is 153 cm³/mol. The topological polar surface area (TPSA) is 49.4 Å². The lowest BCUT2D eigenvalue weighted by Crippen LogP contribution is -2.52. The van der Waals surface area contributed by atoms with E-state index in [0.717, 1.165) is 48.1 Å². The van der Waals surface area contributed by atoms with Crippen LogP contribution in [0, 0.1) is 13.8 Å². The van der Waals surface area contributed by atoms with Gasteiger partial charge in [-0.05, 0) is 48.9 Å². The van der Waals surface area contributed by atoms with Crippen LogP contribution in [-0.4, -0.2) is 34.6 Å². The minimum atomic E-state index is -0.560. The van der Waals surface area contributed by atoms with Gasteiger partial charge in [0, 0.05) is 24.8 Å². The van der Waals surface area contributed by atoms with E-state index >= 15 is 0 Å². The molecule has 1 aliphatic rings. The molecule has 0 spiro atoms. The summed E-state index contributed by atoms with van der Waals surface area (Å²) in [6.45, 7) is 4.57. The molecule has 37 heavy (non-hydrogen) atoms. The Labute approximate surface area is 225 Å². The third-order valence-electron chi connectivity index (χ3n) is 7.15. The van der Waals surface area contributed by atoms with E-state index in [4.69, 9.17) is 0 Å². The van der Waals surface area contributed by atoms with Gasteiger partial charge in [-0.15, -0.1) is 11.8 Å². The van der Waals surface area contributed by atoms with E-state index in [9.17, 15) is 9.59 Å². The van der Waals surface area contributed by atoms with Crippen LogP contribution in [0.4, 0.5) is 0 Å². The molecule has 5 heteroatoms. The fourth-order valence-electron chi connectivity index (χ4n) is 5.03. The molecule has 1 N–H and O–H groups in total. The Morgan fingerprint density at radius 2 is 1.62 bits per heavy atom. The maximum atomic E-state index is 13.8. The standard InChI is InChI=1S/C32H38N2O2S/c1-24-11-10-15-27(19-24)22-37-23-31(35)34(21-28-16-7-6-12-25(28)2)30(20-26-13-4-3-5-14-26)32(36)33-29-17-8-9-18-29/h3-7,10-16,19,29-30H,8-9,17-18,20-23H2,1-2H3,(H,33,36)/t30-/m0/s1. The lowest BCUT2D eigenvalue weighted by molar-refractivity contribution is -0.139. The number of carbonyl (C=O) groups excluding carboxylic acids is 2. The lowest BCUT2D eigenvalue weighted by Gasteiger charge is -2.32. The number of rotatable bonds is 11. The van der Waals surface area contributed by atoms with Crippen molar-refractivity contribution >= 4 is 23.6 Å². The van der Waals surface area contributed by atoms with Gasteiger partial charge in [-0.1, -0.05) is 97.3 Å². The molecule has 0 aliphatic heterocycles. The molecular formula is C32H38N2O2S. The Kier molecular flexibility index (Phi) is 9.84. The Hall–Kier alpha value is -3.05. The summed E-state index contributed by atoms with van der Waals surface area (Å²) in [6, 6.07) is 26.2. The first-order chi connectivity index (χ1) is 18.0. The molecule has 2 amide bonds. The fraction of sp³-hybridized carbons (Fsp3) is 0.375. The molecule has 3 aromatic rings. The van der Waals surface area contributed by atoms with Gasteiger partial charge < -0.3 is 10.2 Å². The molecule has 1 aliphatic carbocycles. The number of nitrogens with zero attached hydrogens (tertiary/aromatic N) is 1. The van der Waals surface area contributed by atoms with Gasteiger partial charge in [0.2, 0.25) is 11.8 Å². The van der Waals surface area contributed by atoms with E-state index in [-0.39, 0.29) is 17.9 Å². The molecule has 0 saturated heterocycles. The number of amides is 2. The van der Waals surface area contributed by atoms with Crippen molar-refractivity contribution in [1.29, 1.82) is 0 Å². The Morgan fingerprint density at radius 1 is 0.919 bits per heavy atom. The minimum absolute atomic E-state index is 0.00316. The number of nitrogens with one attached hydrogen (secondary N) is 1. The molecule has 0 bridgehead atoms. The van der Waals surface area contributed by atoms with Crippen LogP contribution < -0.4 is 5.32 Å². The van der Waals surface area contributed by atoms with Crippen LogP contribution in [0.5, 0.6) is 0 Å². The average Bonchev–Trinajstić information content (AvgIpc) is 3.41. The van der Waals surface area contributed by atoms with E-state index in [1.807, 2.05) is 47.4 Å². The van der Waals surface area contributed by atoms with Crippen molar-refractivity contribution in [2.45, 2.75) is 70.3 Å². The van der Waals surface area contributed by atoms with E-state index in [2.05, 4.69) is 55.6 Å². The van der Waals surface area contributed by atoms with Gasteiger partial charge in [0.1, 0.15) is 6.04 Å². The summed E-state index contributed by atoms with van der Waals surface area (Å²) in [7, 11) is 0. The molecule has 1 atom stereocenters. The molecule has 194 valence electrons. The maximum absolute atomic E-state index is 13.8. The van der Waals surface area contributed by atoms with E-state index in [1.165, 1.54) is 11.1 Å². The molecular weight excluding hydrogens is 476 g/mol. The van der Waals surface area contributed by atoms with Gasteiger partial charge in [0.25, 0.3) is 0 Å². The number of hydrogen-bond donors (Lipinski definition) is 1. The van der Waals surface area contributed by atoms with Crippen molar-refractivity contribution in [2.24, 2.45) is 0 Å². The van der Waals surface area contributed by atoms with Crippen LogP contribution in [0.3, 0.4) is 0 Å². The maximum Gasteiger partial charge on any atom is 0.243 e. The van der Waals surface area contributed by atoms with Crippen molar-refractivity contribution in [3.63, 3.8) is 0 Å². The van der Waals surface area contributed by atoms with Crippen molar-refractivity contribution in [3.05, 3.63) is 107 Å². The quantitative estimate of drug-likeness (QED) is 0.330. The lowest BCUT2D eigenvalue weighted by atomic mass is 10.0. The highest BCUT2D eigenvalue weighted by molar-refractivity contribution is 7.99. The monoisotopic (exact) mass is 514 g/mol. The molecule has 1 saturated carbocycles. The Morgan fingerprint density at radius 3 is 2.35 bits per heavy atom. The van der Waals surface area contributed by atoms with E-state index < -0.39 is 6.04 Å². The van der Waals surface area contributed by atoms with Crippen LogP contribution in [0.2, 0.25) is 0 Å². The summed E-state index contributed by atoms with van der Waals surface area (Å²) in [5.74, 6) is 1.07. The third-order valence-corrected chi connectivity index (χ3v) is 8.14. The highest BCUT2D eigenvalue weighted by Crippen LogP contribution is 2.22. The highest BCUT2D eigenvalue weighted by atomic mass is 32.2. The van der Waals surface area contributed by atoms with Gasteiger partial charge >= 0.3 is 0 Å². The minimum Gasteiger partial charge on any atom is -0.352 e. The van der Waals surface area contributed by atoms with Crippen LogP contribution >= 0.6 is 11.8 Å². The first kappa shape index (κ1) is 27.0. The van der Waals surface area contributed by atoms with Crippen molar-refractivity contribution in [3.8, 4) is 0 Å². The van der Waals surface area contributed by atoms with E-state index in [1.54, 1.807) is 11.8 Å². The summed E-state index contributed by atoms with van der Waals surface area (Å²) in [5, 5.41) is 3.28. The second-order valence-electron chi connectivity index (χ2n) is 10.1. The van der Waals surface area contributed by atoms with Crippen LogP contribution in [0.25, 0.3) is 0 Å². The second-order valence-corrected chi connectivity index (χ2v) is 11.1. The summed E-state index contributed by atoms with van der Waals surface area (Å²) in [4.78, 5) is 29.4. The summed E-state index contributed by atoms with van der Waals surface area (Å²) in [6.07, 6.45) is 4.83. The summed E-state index contributed by atoms with van der Waals surface area (Å²) >= 11 is 1.61. The molecule has 3 aromatic carbocycles. The molecule has 1 fully saturated rings. The third kappa shape index (κ3) is 7.96. The molecule has 0 aromatic heterocycles. The molecule has 0 heterocycles. The number of carbonyl (C=O) groups is 2. The van der Waals surface area contributed by atoms with Crippen molar-refractivity contribution in [2.75, 3.05) is 5.75 Å². The van der Waals surface area contributed by atoms with Crippen LogP contribution in [0.1, 0.15) is 53.5 Å². The normalized spacial score (nSPS) is 14.3. The van der Waals surface area contributed by atoms with Gasteiger partial charge in [0.05, 0.1) is 5.75 Å². The van der Waals surface area contributed by atoms with Gasteiger partial charge in [-0.2, -0.15) is 0 Å². The molecule has 4 rings (SSSR count). The Balaban J connectivity index is 1.57. The zero-order chi connectivity index (χ0) is 26.0. The number of thioether (sulfide) groups is 1. The number of benzene rings is 3. The molecule has 4 nitrogen and oxygen atoms in total. The first-order valence-electron chi connectivity index (χ1n) is 13.3. The number of aryl methyl sites for hydroxylation is 2. The smallest absolute Gasteiger partial charge is 0.243 e. The predicted octanol–water partition coefficient (Wildman–Crippen LogP) is 6.24. The second kappa shape index (κ2) is 13.5. The zero-order valence-electron chi connectivity index (χ0n) is 22.0. The first-order valence-corrected chi connectivity index (χ1v) is 14.5. The SMILES string of the molecule is Cc1cccc(CSCC(=O)N(Cc2ccccc2C)[C@@H](Cc2ccccc2)C(=O)NC2CCCC2)c1. The van der Waals surface area contributed by atoms with Crippen LogP contribution in [-0.2, 0) is 28.3 Å². The molecule has 0 unspecified atom stereocenters. The van der Waals surface area contributed by atoms with Gasteiger partial charge in [-0.25, -0.2) is 0 Å². The van der Waals surface area contributed by atoms with Crippen LogP contribution in [0.15, 0.2) is 78.9 Å². The fourth-order valence-corrected chi connectivity index (χ4v) is 5.89. The summed E-state index contributed by atoms with van der Waals surface area (Å²) in [5.41, 5.74) is 5.69. The van der Waals surface area contributed by atoms with E-state index in [0.29, 0.717) is 18.7 Å². The van der Waals surface area contributed by atoms with Gasteiger partial charge in [-0.3, -0.25) is 9.59 Å². The van der Waals surface area contributed by atoms with Gasteiger partial charge in [0.15, 0.2) is 0 Å². The average molecular weight is 515 g/mol.